The molecule has 0 bridgehead atoms. The van der Waals surface area contributed by atoms with Gasteiger partial charge in [-0.15, -0.1) is 0 Å². The molecule has 0 saturated carbocycles. The number of rotatable bonds is 5. The number of nitriles is 1. The van der Waals surface area contributed by atoms with Crippen LogP contribution >= 0.6 is 34.8 Å². The lowest BCUT2D eigenvalue weighted by atomic mass is 10.0. The van der Waals surface area contributed by atoms with E-state index in [1.807, 2.05) is 6.07 Å². The Hall–Kier alpha value is -4.09. The van der Waals surface area contributed by atoms with Crippen molar-refractivity contribution in [3.8, 4) is 17.6 Å². The molecule has 0 aliphatic carbocycles. The molecule has 10 heteroatoms. The summed E-state index contributed by atoms with van der Waals surface area (Å²) < 4.78 is 1.09. The van der Waals surface area contributed by atoms with Gasteiger partial charge in [-0.25, -0.2) is 4.57 Å². The van der Waals surface area contributed by atoms with Gasteiger partial charge in [0.1, 0.15) is 17.3 Å². The number of para-hydroxylation sites is 1. The first-order chi connectivity index (χ1) is 18.1. The van der Waals surface area contributed by atoms with Gasteiger partial charge in [0, 0.05) is 10.6 Å². The minimum absolute atomic E-state index is 0.0691. The summed E-state index contributed by atoms with van der Waals surface area (Å²) in [5.41, 5.74) is 1.46. The number of aromatic nitrogens is 1. The summed E-state index contributed by atoms with van der Waals surface area (Å²) in [7, 11) is 0. The molecule has 38 heavy (non-hydrogen) atoms. The normalized spacial score (nSPS) is 14.6. The Balaban J connectivity index is 1.63. The summed E-state index contributed by atoms with van der Waals surface area (Å²) in [6, 6.07) is 13.4. The number of hydrazone groups is 1. The second kappa shape index (κ2) is 11.1. The zero-order chi connectivity index (χ0) is 27.6. The predicted octanol–water partition coefficient (Wildman–Crippen LogP) is 6.60. The molecule has 3 aromatic rings. The topological polar surface area (TPSA) is 98.7 Å². The van der Waals surface area contributed by atoms with Gasteiger partial charge < -0.3 is 5.11 Å². The van der Waals surface area contributed by atoms with Crippen LogP contribution in [0, 0.1) is 18.3 Å². The summed E-state index contributed by atoms with van der Waals surface area (Å²) in [4.78, 5) is 25.8. The van der Waals surface area contributed by atoms with E-state index >= 15 is 0 Å². The number of hydrogen-bond acceptors (Lipinski definition) is 5. The molecular formula is C28H19Cl3N4O3. The SMILES string of the molecule is CC1=NN(c2c(Cl)cc(Cl)cc2Cl)C(=O)/C1=C\C=CC=Cc1c(C)c(C#N)c(=O)n(-c2ccccc2)c1O. The average molecular weight is 566 g/mol. The Morgan fingerprint density at radius 1 is 1.00 bits per heavy atom. The fourth-order valence-corrected chi connectivity index (χ4v) is 4.88. The van der Waals surface area contributed by atoms with Crippen molar-refractivity contribution in [1.82, 2.24) is 4.57 Å². The van der Waals surface area contributed by atoms with Crippen LogP contribution in [0.15, 0.2) is 82.2 Å². The Morgan fingerprint density at radius 2 is 1.66 bits per heavy atom. The second-order valence-corrected chi connectivity index (χ2v) is 9.42. The van der Waals surface area contributed by atoms with Crippen molar-refractivity contribution in [2.75, 3.05) is 5.01 Å². The van der Waals surface area contributed by atoms with Gasteiger partial charge in [-0.1, -0.05) is 71.2 Å². The summed E-state index contributed by atoms with van der Waals surface area (Å²) in [6.45, 7) is 3.28. The van der Waals surface area contributed by atoms with Gasteiger partial charge in [-0.3, -0.25) is 9.59 Å². The third-order valence-corrected chi connectivity index (χ3v) is 6.57. The standard InChI is InChI=1S/C28H19Cl3N4O3/c1-16-20(26(36)34(27(37)22(16)15-32)19-9-5-3-6-10-19)11-7-4-8-12-21-17(2)33-35(28(21)38)25-23(30)13-18(29)14-24(25)31/h3-14,36H,1-2H3/b8-4?,11-7?,21-12-. The minimum Gasteiger partial charge on any atom is -0.494 e. The van der Waals surface area contributed by atoms with Gasteiger partial charge >= 0.3 is 0 Å². The highest BCUT2D eigenvalue weighted by Gasteiger charge is 2.31. The Morgan fingerprint density at radius 3 is 2.29 bits per heavy atom. The molecule has 1 aliphatic rings. The molecular weight excluding hydrogens is 547 g/mol. The van der Waals surface area contributed by atoms with Crippen molar-refractivity contribution < 1.29 is 9.90 Å². The molecule has 1 N–H and O–H groups in total. The number of anilines is 1. The first-order valence-electron chi connectivity index (χ1n) is 11.2. The van der Waals surface area contributed by atoms with E-state index < -0.39 is 11.5 Å². The molecule has 1 aromatic heterocycles. The average Bonchev–Trinajstić information content (AvgIpc) is 3.14. The lowest BCUT2D eigenvalue weighted by Gasteiger charge is -2.15. The number of hydrogen-bond donors (Lipinski definition) is 1. The van der Waals surface area contributed by atoms with Crippen molar-refractivity contribution >= 4 is 58.2 Å². The molecule has 0 unspecified atom stereocenters. The first-order valence-corrected chi connectivity index (χ1v) is 12.3. The largest absolute Gasteiger partial charge is 0.494 e. The molecule has 2 heterocycles. The van der Waals surface area contributed by atoms with Gasteiger partial charge in [0.05, 0.1) is 27.0 Å². The minimum atomic E-state index is -0.605. The van der Waals surface area contributed by atoms with E-state index in [9.17, 15) is 20.0 Å². The number of pyridine rings is 1. The van der Waals surface area contributed by atoms with Crippen LogP contribution in [0.5, 0.6) is 5.88 Å². The van der Waals surface area contributed by atoms with E-state index in [1.165, 1.54) is 12.1 Å². The highest BCUT2D eigenvalue weighted by molar-refractivity contribution is 6.43. The molecule has 4 rings (SSSR count). The fraction of sp³-hybridized carbons (Fsp3) is 0.0714. The Labute approximate surface area is 233 Å². The highest BCUT2D eigenvalue weighted by Crippen LogP contribution is 2.39. The molecule has 1 aliphatic heterocycles. The molecule has 0 spiro atoms. The summed E-state index contributed by atoms with van der Waals surface area (Å²) >= 11 is 18.5. The smallest absolute Gasteiger partial charge is 0.280 e. The third kappa shape index (κ3) is 5.02. The summed E-state index contributed by atoms with van der Waals surface area (Å²) in [5, 5.41) is 26.6. The summed E-state index contributed by atoms with van der Waals surface area (Å²) in [5.74, 6) is -0.702. The number of benzene rings is 2. The van der Waals surface area contributed by atoms with Crippen LogP contribution in [0.2, 0.25) is 15.1 Å². The van der Waals surface area contributed by atoms with E-state index in [0.29, 0.717) is 33.1 Å². The van der Waals surface area contributed by atoms with Gasteiger partial charge in [-0.2, -0.15) is 15.4 Å². The van der Waals surface area contributed by atoms with Crippen LogP contribution in [-0.2, 0) is 4.79 Å². The van der Waals surface area contributed by atoms with Crippen LogP contribution in [0.25, 0.3) is 11.8 Å². The third-order valence-electron chi connectivity index (χ3n) is 5.78. The van der Waals surface area contributed by atoms with Gasteiger partial charge in [0.25, 0.3) is 11.5 Å². The number of allylic oxidation sites excluding steroid dienone is 4. The molecule has 0 fully saturated rings. The lowest BCUT2D eigenvalue weighted by Crippen LogP contribution is -2.23. The highest BCUT2D eigenvalue weighted by atomic mass is 35.5. The quantitative estimate of drug-likeness (QED) is 0.278. The maximum atomic E-state index is 13.0. The molecule has 7 nitrogen and oxygen atoms in total. The first kappa shape index (κ1) is 27.0. The molecule has 190 valence electrons. The monoisotopic (exact) mass is 564 g/mol. The van der Waals surface area contributed by atoms with Crippen LogP contribution in [-0.4, -0.2) is 21.3 Å². The number of carbonyl (C=O) groups excluding carboxylic acids is 1. The van der Waals surface area contributed by atoms with Crippen molar-refractivity contribution in [2.24, 2.45) is 5.10 Å². The number of halogens is 3. The Kier molecular flexibility index (Phi) is 7.88. The predicted molar refractivity (Wildman–Crippen MR) is 151 cm³/mol. The van der Waals surface area contributed by atoms with E-state index in [2.05, 4.69) is 5.10 Å². The molecule has 2 aromatic carbocycles. The van der Waals surface area contributed by atoms with Gasteiger partial charge in [0.2, 0.25) is 5.88 Å². The summed E-state index contributed by atoms with van der Waals surface area (Å²) in [6.07, 6.45) is 8.05. The molecule has 0 radical (unpaired) electrons. The van der Waals surface area contributed by atoms with E-state index in [0.717, 1.165) is 9.58 Å². The van der Waals surface area contributed by atoms with Crippen LogP contribution in [0.1, 0.15) is 23.6 Å². The van der Waals surface area contributed by atoms with Gasteiger partial charge in [-0.05, 0) is 55.8 Å². The fourth-order valence-electron chi connectivity index (χ4n) is 3.91. The molecule has 0 saturated heterocycles. The van der Waals surface area contributed by atoms with Crippen molar-refractivity contribution in [1.29, 1.82) is 5.26 Å². The Bertz CT molecular complexity index is 1660. The number of amides is 1. The number of carbonyl (C=O) groups is 1. The lowest BCUT2D eigenvalue weighted by molar-refractivity contribution is -0.114. The zero-order valence-corrected chi connectivity index (χ0v) is 22.4. The van der Waals surface area contributed by atoms with Crippen LogP contribution in [0.4, 0.5) is 5.69 Å². The zero-order valence-electron chi connectivity index (χ0n) is 20.1. The maximum Gasteiger partial charge on any atom is 0.280 e. The number of aromatic hydroxyl groups is 1. The maximum absolute atomic E-state index is 13.0. The van der Waals surface area contributed by atoms with Crippen molar-refractivity contribution in [2.45, 2.75) is 13.8 Å². The van der Waals surface area contributed by atoms with E-state index in [-0.39, 0.29) is 27.2 Å². The van der Waals surface area contributed by atoms with Crippen molar-refractivity contribution in [3.05, 3.63) is 114 Å². The number of nitrogens with zero attached hydrogens (tertiary/aromatic N) is 4. The molecule has 0 atom stereocenters. The van der Waals surface area contributed by atoms with Crippen LogP contribution in [0.3, 0.4) is 0 Å². The van der Waals surface area contributed by atoms with Crippen LogP contribution < -0.4 is 10.6 Å². The van der Waals surface area contributed by atoms with E-state index in [1.54, 1.807) is 74.6 Å². The molecule has 1 amide bonds. The second-order valence-electron chi connectivity index (χ2n) is 8.17. The van der Waals surface area contributed by atoms with Crippen molar-refractivity contribution in [3.63, 3.8) is 0 Å². The van der Waals surface area contributed by atoms with E-state index in [4.69, 9.17) is 34.8 Å². The van der Waals surface area contributed by atoms with Gasteiger partial charge in [0.15, 0.2) is 0 Å².